The van der Waals surface area contributed by atoms with E-state index in [-0.39, 0.29) is 16.9 Å². The molecule has 0 amide bonds. The summed E-state index contributed by atoms with van der Waals surface area (Å²) in [6.07, 6.45) is 9.58. The number of hydrogen-bond donors (Lipinski definition) is 1. The van der Waals surface area contributed by atoms with Crippen LogP contribution in [0.25, 0.3) is 5.57 Å². The minimum absolute atomic E-state index is 0.162. The molecular weight excluding hydrogens is 465 g/mol. The van der Waals surface area contributed by atoms with Gasteiger partial charge in [0, 0.05) is 62.7 Å². The van der Waals surface area contributed by atoms with Gasteiger partial charge >= 0.3 is 0 Å². The van der Waals surface area contributed by atoms with Gasteiger partial charge in [-0.25, -0.2) is 14.4 Å². The Labute approximate surface area is 210 Å². The molecular formula is C26H31ClFN7. The van der Waals surface area contributed by atoms with Crippen LogP contribution < -0.4 is 10.6 Å². The van der Waals surface area contributed by atoms with E-state index in [1.54, 1.807) is 6.07 Å². The van der Waals surface area contributed by atoms with Gasteiger partial charge in [0.25, 0.3) is 0 Å². The SMILES string of the molecule is CC1=NC=C(c2c(N)ncnc2N2CCN(C(CN3CCC3)c3ccc(F)c(Cl)c3)CC2)C=CC1. The zero-order valence-electron chi connectivity index (χ0n) is 20.0. The smallest absolute Gasteiger partial charge is 0.142 e. The third kappa shape index (κ3) is 5.24. The first kappa shape index (κ1) is 23.9. The number of piperazine rings is 1. The Bertz CT molecular complexity index is 1170. The molecule has 184 valence electrons. The largest absolute Gasteiger partial charge is 0.383 e. The molecule has 1 aromatic carbocycles. The summed E-state index contributed by atoms with van der Waals surface area (Å²) in [5, 5.41) is 0.179. The predicted molar refractivity (Wildman–Crippen MR) is 140 cm³/mol. The lowest BCUT2D eigenvalue weighted by Gasteiger charge is -2.43. The Hall–Kier alpha value is -2.81. The lowest BCUT2D eigenvalue weighted by atomic mass is 10.0. The van der Waals surface area contributed by atoms with Crippen molar-refractivity contribution < 1.29 is 4.39 Å². The van der Waals surface area contributed by atoms with Crippen LogP contribution in [0.5, 0.6) is 0 Å². The summed E-state index contributed by atoms with van der Waals surface area (Å²) in [5.74, 6) is 0.921. The Morgan fingerprint density at radius 3 is 2.63 bits per heavy atom. The van der Waals surface area contributed by atoms with E-state index >= 15 is 0 Å². The molecule has 2 N–H and O–H groups in total. The van der Waals surface area contributed by atoms with E-state index in [0.717, 1.165) is 80.5 Å². The van der Waals surface area contributed by atoms with Crippen molar-refractivity contribution in [3.8, 4) is 0 Å². The molecule has 3 aliphatic heterocycles. The quantitative estimate of drug-likeness (QED) is 0.648. The zero-order chi connectivity index (χ0) is 24.4. The van der Waals surface area contributed by atoms with Crippen LogP contribution in [0, 0.1) is 5.82 Å². The fourth-order valence-electron chi connectivity index (χ4n) is 4.89. The highest BCUT2D eigenvalue weighted by Crippen LogP contribution is 2.33. The number of anilines is 2. The Morgan fingerprint density at radius 2 is 1.91 bits per heavy atom. The van der Waals surface area contributed by atoms with Gasteiger partial charge in [-0.05, 0) is 44.1 Å². The number of allylic oxidation sites excluding steroid dienone is 3. The molecule has 0 radical (unpaired) electrons. The molecule has 5 rings (SSSR count). The summed E-state index contributed by atoms with van der Waals surface area (Å²) in [6, 6.07) is 5.29. The lowest BCUT2D eigenvalue weighted by Crippen LogP contribution is -2.51. The van der Waals surface area contributed by atoms with Crippen LogP contribution in [0.15, 0.2) is 47.9 Å². The molecule has 2 saturated heterocycles. The van der Waals surface area contributed by atoms with Gasteiger partial charge in [-0.2, -0.15) is 0 Å². The molecule has 2 aromatic rings. The first-order valence-electron chi connectivity index (χ1n) is 12.2. The van der Waals surface area contributed by atoms with Crippen molar-refractivity contribution in [1.29, 1.82) is 0 Å². The van der Waals surface area contributed by atoms with Crippen molar-refractivity contribution in [2.24, 2.45) is 4.99 Å². The Balaban J connectivity index is 1.37. The molecule has 0 saturated carbocycles. The van der Waals surface area contributed by atoms with Crippen molar-refractivity contribution in [3.05, 3.63) is 64.8 Å². The van der Waals surface area contributed by atoms with Crippen molar-refractivity contribution in [1.82, 2.24) is 19.8 Å². The van der Waals surface area contributed by atoms with Crippen molar-refractivity contribution in [3.63, 3.8) is 0 Å². The number of rotatable bonds is 6. The summed E-state index contributed by atoms with van der Waals surface area (Å²) in [4.78, 5) is 20.6. The molecule has 0 aliphatic carbocycles. The topological polar surface area (TPSA) is 73.9 Å². The second kappa shape index (κ2) is 10.4. The number of aliphatic imine (C=N–C) groups is 1. The molecule has 1 aromatic heterocycles. The first-order valence-corrected chi connectivity index (χ1v) is 12.5. The number of hydrogen-bond acceptors (Lipinski definition) is 7. The van der Waals surface area contributed by atoms with Gasteiger partial charge in [-0.1, -0.05) is 29.8 Å². The van der Waals surface area contributed by atoms with Crippen molar-refractivity contribution in [2.45, 2.75) is 25.8 Å². The number of nitrogen functional groups attached to an aromatic ring is 1. The van der Waals surface area contributed by atoms with Gasteiger partial charge in [0.05, 0.1) is 10.6 Å². The molecule has 0 spiro atoms. The standard InChI is InChI=1S/C26H31ClFN7/c1-18-4-2-5-20(15-30-18)24-25(29)31-17-32-26(24)35-12-10-34(11-13-35)23(16-33-8-3-9-33)19-6-7-22(28)21(27)14-19/h2,5-7,14-15,17,23H,3-4,8-13,16H2,1H3,(H2,29,31,32). The first-order chi connectivity index (χ1) is 17.0. The highest BCUT2D eigenvalue weighted by molar-refractivity contribution is 6.30. The van der Waals surface area contributed by atoms with E-state index in [2.05, 4.69) is 41.8 Å². The Kier molecular flexibility index (Phi) is 7.13. The average Bonchev–Trinajstić information content (AvgIpc) is 3.05. The van der Waals surface area contributed by atoms with Crippen LogP contribution >= 0.6 is 11.6 Å². The summed E-state index contributed by atoms with van der Waals surface area (Å²) >= 11 is 6.15. The van der Waals surface area contributed by atoms with Crippen molar-refractivity contribution >= 4 is 34.5 Å². The summed E-state index contributed by atoms with van der Waals surface area (Å²) in [5.41, 5.74) is 10.2. The third-order valence-electron chi connectivity index (χ3n) is 7.04. The molecule has 0 bridgehead atoms. The Morgan fingerprint density at radius 1 is 1.11 bits per heavy atom. The molecule has 1 atom stereocenters. The maximum atomic E-state index is 13.9. The van der Waals surface area contributed by atoms with Gasteiger partial charge in [0.2, 0.25) is 0 Å². The van der Waals surface area contributed by atoms with Crippen LogP contribution in [-0.4, -0.2) is 71.3 Å². The summed E-state index contributed by atoms with van der Waals surface area (Å²) in [7, 11) is 0. The van der Waals surface area contributed by atoms with Crippen LogP contribution in [0.3, 0.4) is 0 Å². The van der Waals surface area contributed by atoms with Gasteiger partial charge < -0.3 is 15.5 Å². The van der Waals surface area contributed by atoms with E-state index < -0.39 is 0 Å². The fraction of sp³-hybridized carbons (Fsp3) is 0.423. The number of aromatic nitrogens is 2. The maximum Gasteiger partial charge on any atom is 0.142 e. The van der Waals surface area contributed by atoms with Gasteiger partial charge in [-0.3, -0.25) is 9.89 Å². The van der Waals surface area contributed by atoms with Gasteiger partial charge in [-0.15, -0.1) is 0 Å². The molecule has 9 heteroatoms. The monoisotopic (exact) mass is 495 g/mol. The van der Waals surface area contributed by atoms with Crippen LogP contribution in [0.2, 0.25) is 5.02 Å². The number of nitrogens with zero attached hydrogens (tertiary/aromatic N) is 6. The van der Waals surface area contributed by atoms with Crippen molar-refractivity contribution in [2.75, 3.05) is 56.4 Å². The third-order valence-corrected chi connectivity index (χ3v) is 7.33. The highest BCUT2D eigenvalue weighted by atomic mass is 35.5. The number of nitrogens with two attached hydrogens (primary N) is 1. The molecule has 4 heterocycles. The molecule has 7 nitrogen and oxygen atoms in total. The van der Waals surface area contributed by atoms with Crippen LogP contribution in [0.4, 0.5) is 16.0 Å². The molecule has 3 aliphatic rings. The second-order valence-corrected chi connectivity index (χ2v) is 9.79. The molecule has 2 fully saturated rings. The van der Waals surface area contributed by atoms with E-state index in [4.69, 9.17) is 17.3 Å². The van der Waals surface area contributed by atoms with E-state index in [1.165, 1.54) is 18.8 Å². The highest BCUT2D eigenvalue weighted by Gasteiger charge is 2.30. The maximum absolute atomic E-state index is 13.9. The molecule has 35 heavy (non-hydrogen) atoms. The van der Waals surface area contributed by atoms with E-state index in [9.17, 15) is 4.39 Å². The minimum atomic E-state index is -0.377. The predicted octanol–water partition coefficient (Wildman–Crippen LogP) is 4.18. The van der Waals surface area contributed by atoms with Crippen LogP contribution in [-0.2, 0) is 0 Å². The van der Waals surface area contributed by atoms with E-state index in [0.29, 0.717) is 5.82 Å². The number of halogens is 2. The van der Waals surface area contributed by atoms with Gasteiger partial charge in [0.1, 0.15) is 23.8 Å². The number of likely N-dealkylation sites (tertiary alicyclic amines) is 1. The summed E-state index contributed by atoms with van der Waals surface area (Å²) in [6.45, 7) is 8.45. The van der Waals surface area contributed by atoms with E-state index in [1.807, 2.05) is 19.2 Å². The molecule has 1 unspecified atom stereocenters. The fourth-order valence-corrected chi connectivity index (χ4v) is 5.08. The van der Waals surface area contributed by atoms with Gasteiger partial charge in [0.15, 0.2) is 0 Å². The summed E-state index contributed by atoms with van der Waals surface area (Å²) < 4.78 is 13.9. The lowest BCUT2D eigenvalue weighted by molar-refractivity contribution is 0.0965. The normalized spacial score (nSPS) is 20.1. The van der Waals surface area contributed by atoms with Crippen LogP contribution in [0.1, 0.15) is 36.9 Å². The number of benzene rings is 1. The minimum Gasteiger partial charge on any atom is -0.383 e. The average molecular weight is 496 g/mol. The zero-order valence-corrected chi connectivity index (χ0v) is 20.8. The second-order valence-electron chi connectivity index (χ2n) is 9.38.